The third kappa shape index (κ3) is 2.41. The van der Waals surface area contributed by atoms with Crippen LogP contribution in [-0.4, -0.2) is 18.7 Å². The average Bonchev–Trinajstić information content (AvgIpc) is 2.18. The van der Waals surface area contributed by atoms with Gasteiger partial charge >= 0.3 is 0 Å². The van der Waals surface area contributed by atoms with Crippen LogP contribution in [0, 0.1) is 12.3 Å². The van der Waals surface area contributed by atoms with E-state index in [4.69, 9.17) is 23.1 Å². The Morgan fingerprint density at radius 2 is 2.29 bits per heavy atom. The van der Waals surface area contributed by atoms with Gasteiger partial charge in [0.2, 0.25) is 0 Å². The molecule has 0 fully saturated rings. The van der Waals surface area contributed by atoms with E-state index in [0.29, 0.717) is 11.6 Å². The van der Waals surface area contributed by atoms with Crippen LogP contribution in [-0.2, 0) is 6.61 Å². The molecule has 1 aromatic rings. The lowest BCUT2D eigenvalue weighted by atomic mass is 10.2. The fourth-order valence-corrected chi connectivity index (χ4v) is 1.36. The molecule has 1 rings (SSSR count). The molecule has 0 spiro atoms. The quantitative estimate of drug-likeness (QED) is 0.769. The molecule has 0 aliphatic rings. The van der Waals surface area contributed by atoms with E-state index in [9.17, 15) is 0 Å². The first kappa shape index (κ1) is 10.9. The van der Waals surface area contributed by atoms with Crippen molar-refractivity contribution in [2.45, 2.75) is 6.61 Å². The van der Waals surface area contributed by atoms with E-state index in [1.54, 1.807) is 12.1 Å². The van der Waals surface area contributed by atoms with Crippen molar-refractivity contribution in [2.75, 3.05) is 18.5 Å². The van der Waals surface area contributed by atoms with Gasteiger partial charge in [-0.15, -0.1) is 6.42 Å². The van der Waals surface area contributed by atoms with Crippen molar-refractivity contribution in [3.8, 4) is 12.3 Å². The maximum atomic E-state index is 8.92. The molecule has 0 radical (unpaired) electrons. The van der Waals surface area contributed by atoms with E-state index >= 15 is 0 Å². The van der Waals surface area contributed by atoms with Gasteiger partial charge in [-0.25, -0.2) is 0 Å². The normalized spacial score (nSPS) is 9.57. The molecule has 1 N–H and O–H groups in total. The number of hydrogen-bond donors (Lipinski definition) is 1. The second-order valence-electron chi connectivity index (χ2n) is 2.99. The van der Waals surface area contributed by atoms with Crippen LogP contribution in [0.1, 0.15) is 5.56 Å². The van der Waals surface area contributed by atoms with E-state index in [-0.39, 0.29) is 6.61 Å². The third-order valence-electron chi connectivity index (χ3n) is 1.98. The van der Waals surface area contributed by atoms with Gasteiger partial charge in [0.05, 0.1) is 13.2 Å². The number of rotatable bonds is 3. The molecule has 0 aliphatic carbocycles. The van der Waals surface area contributed by atoms with Gasteiger partial charge in [-0.1, -0.05) is 23.6 Å². The van der Waals surface area contributed by atoms with Gasteiger partial charge in [-0.3, -0.25) is 0 Å². The van der Waals surface area contributed by atoms with Crippen molar-refractivity contribution < 1.29 is 5.11 Å². The summed E-state index contributed by atoms with van der Waals surface area (Å²) in [6, 6.07) is 5.48. The predicted octanol–water partition coefficient (Wildman–Crippen LogP) is 1.90. The second-order valence-corrected chi connectivity index (χ2v) is 3.40. The number of terminal acetylenes is 1. The van der Waals surface area contributed by atoms with Crippen LogP contribution in [0.3, 0.4) is 0 Å². The Kier molecular flexibility index (Phi) is 3.82. The van der Waals surface area contributed by atoms with Gasteiger partial charge in [-0.2, -0.15) is 0 Å². The van der Waals surface area contributed by atoms with Gasteiger partial charge in [0.25, 0.3) is 0 Å². The maximum absolute atomic E-state index is 8.92. The summed E-state index contributed by atoms with van der Waals surface area (Å²) in [6.45, 7) is 0.493. The van der Waals surface area contributed by atoms with Gasteiger partial charge in [0, 0.05) is 17.8 Å². The molecule has 0 bridgehead atoms. The summed E-state index contributed by atoms with van der Waals surface area (Å²) in [7, 11) is 1.89. The standard InChI is InChI=1S/C11H12ClNO/c1-3-6-13(2)10-5-4-9(8-14)11(12)7-10/h1,4-5,7,14H,6,8H2,2H3. The van der Waals surface area contributed by atoms with E-state index in [1.807, 2.05) is 18.0 Å². The Balaban J connectivity index is 2.92. The molecule has 74 valence electrons. The van der Waals surface area contributed by atoms with Crippen molar-refractivity contribution in [2.24, 2.45) is 0 Å². The van der Waals surface area contributed by atoms with Gasteiger partial charge in [-0.05, 0) is 17.7 Å². The molecule has 0 aromatic heterocycles. The summed E-state index contributed by atoms with van der Waals surface area (Å²) in [5.74, 6) is 2.55. The lowest BCUT2D eigenvalue weighted by Crippen LogP contribution is -2.16. The van der Waals surface area contributed by atoms with E-state index in [1.165, 1.54) is 0 Å². The number of hydrogen-bond acceptors (Lipinski definition) is 2. The lowest BCUT2D eigenvalue weighted by Gasteiger charge is -2.16. The third-order valence-corrected chi connectivity index (χ3v) is 2.33. The van der Waals surface area contributed by atoms with Crippen molar-refractivity contribution in [3.05, 3.63) is 28.8 Å². The van der Waals surface area contributed by atoms with Crippen LogP contribution < -0.4 is 4.90 Å². The fourth-order valence-electron chi connectivity index (χ4n) is 1.13. The number of anilines is 1. The molecule has 2 nitrogen and oxygen atoms in total. The van der Waals surface area contributed by atoms with Crippen molar-refractivity contribution in [3.63, 3.8) is 0 Å². The van der Waals surface area contributed by atoms with E-state index in [0.717, 1.165) is 11.3 Å². The van der Waals surface area contributed by atoms with Crippen LogP contribution in [0.15, 0.2) is 18.2 Å². The molecule has 3 heteroatoms. The zero-order valence-electron chi connectivity index (χ0n) is 8.00. The second kappa shape index (κ2) is 4.90. The number of nitrogens with zero attached hydrogens (tertiary/aromatic N) is 1. The highest BCUT2D eigenvalue weighted by molar-refractivity contribution is 6.31. The summed E-state index contributed by atoms with van der Waals surface area (Å²) >= 11 is 5.94. The zero-order valence-corrected chi connectivity index (χ0v) is 8.75. The number of benzene rings is 1. The summed E-state index contributed by atoms with van der Waals surface area (Å²) in [4.78, 5) is 1.91. The number of aliphatic hydroxyl groups excluding tert-OH is 1. The first-order chi connectivity index (χ1) is 6.69. The first-order valence-electron chi connectivity index (χ1n) is 4.23. The number of aliphatic hydroxyl groups is 1. The lowest BCUT2D eigenvalue weighted by molar-refractivity contribution is 0.282. The minimum Gasteiger partial charge on any atom is -0.392 e. The van der Waals surface area contributed by atoms with E-state index < -0.39 is 0 Å². The molecular weight excluding hydrogens is 198 g/mol. The Labute approximate surface area is 89.1 Å². The predicted molar refractivity (Wildman–Crippen MR) is 59.5 cm³/mol. The zero-order chi connectivity index (χ0) is 10.6. The highest BCUT2D eigenvalue weighted by atomic mass is 35.5. The molecule has 0 amide bonds. The molecular formula is C11H12ClNO. The van der Waals surface area contributed by atoms with Crippen LogP contribution in [0.25, 0.3) is 0 Å². The summed E-state index contributed by atoms with van der Waals surface area (Å²) in [5.41, 5.74) is 1.68. The smallest absolute Gasteiger partial charge is 0.0788 e. The highest BCUT2D eigenvalue weighted by Gasteiger charge is 2.03. The topological polar surface area (TPSA) is 23.5 Å². The molecule has 14 heavy (non-hydrogen) atoms. The Bertz CT molecular complexity index is 357. The fraction of sp³-hybridized carbons (Fsp3) is 0.273. The Morgan fingerprint density at radius 3 is 2.79 bits per heavy atom. The van der Waals surface area contributed by atoms with Gasteiger partial charge in [0.1, 0.15) is 0 Å². The van der Waals surface area contributed by atoms with Crippen LogP contribution in [0.5, 0.6) is 0 Å². The molecule has 0 aliphatic heterocycles. The van der Waals surface area contributed by atoms with Gasteiger partial charge < -0.3 is 10.0 Å². The molecule has 0 atom stereocenters. The molecule has 0 saturated carbocycles. The Hall–Kier alpha value is -1.17. The summed E-state index contributed by atoms with van der Waals surface area (Å²) < 4.78 is 0. The molecule has 0 saturated heterocycles. The average molecular weight is 210 g/mol. The molecule has 0 heterocycles. The first-order valence-corrected chi connectivity index (χ1v) is 4.60. The summed E-state index contributed by atoms with van der Waals surface area (Å²) in [6.07, 6.45) is 5.20. The van der Waals surface area contributed by atoms with Crippen LogP contribution in [0.2, 0.25) is 5.02 Å². The van der Waals surface area contributed by atoms with Gasteiger partial charge in [0.15, 0.2) is 0 Å². The minimum absolute atomic E-state index is 0.0437. The summed E-state index contributed by atoms with van der Waals surface area (Å²) in [5, 5.41) is 9.48. The van der Waals surface area contributed by atoms with Crippen molar-refractivity contribution >= 4 is 17.3 Å². The minimum atomic E-state index is -0.0437. The van der Waals surface area contributed by atoms with E-state index in [2.05, 4.69) is 5.92 Å². The van der Waals surface area contributed by atoms with Crippen LogP contribution >= 0.6 is 11.6 Å². The highest BCUT2D eigenvalue weighted by Crippen LogP contribution is 2.22. The number of halogens is 1. The maximum Gasteiger partial charge on any atom is 0.0788 e. The molecule has 0 unspecified atom stereocenters. The molecule has 1 aromatic carbocycles. The van der Waals surface area contributed by atoms with Crippen LogP contribution in [0.4, 0.5) is 5.69 Å². The van der Waals surface area contributed by atoms with Crippen molar-refractivity contribution in [1.29, 1.82) is 0 Å². The largest absolute Gasteiger partial charge is 0.392 e. The monoisotopic (exact) mass is 209 g/mol. The van der Waals surface area contributed by atoms with Crippen molar-refractivity contribution in [1.82, 2.24) is 0 Å². The Morgan fingerprint density at radius 1 is 1.57 bits per heavy atom. The SMILES string of the molecule is C#CCN(C)c1ccc(CO)c(Cl)c1.